The molecule has 0 bridgehead atoms. The van der Waals surface area contributed by atoms with Crippen molar-refractivity contribution >= 4 is 0 Å². The lowest BCUT2D eigenvalue weighted by Crippen LogP contribution is -2.49. The standard InChI is InChI=1S/C13H19NO3/c14-8-12-13(11(15)6-7-16-12)17-9-10-4-2-1-3-5-10/h1-5,11-13,15H,6-9,14H2/t11?,12?,13-/m0/s1. The van der Waals surface area contributed by atoms with Crippen molar-refractivity contribution in [1.82, 2.24) is 0 Å². The molecule has 1 aliphatic rings. The summed E-state index contributed by atoms with van der Waals surface area (Å²) < 4.78 is 11.2. The quantitative estimate of drug-likeness (QED) is 0.808. The number of aliphatic hydroxyl groups excluding tert-OH is 1. The molecule has 1 heterocycles. The van der Waals surface area contributed by atoms with Crippen LogP contribution in [0.15, 0.2) is 30.3 Å². The second kappa shape index (κ2) is 6.12. The average Bonchev–Trinajstić information content (AvgIpc) is 2.38. The summed E-state index contributed by atoms with van der Waals surface area (Å²) in [5.41, 5.74) is 6.69. The molecular formula is C13H19NO3. The van der Waals surface area contributed by atoms with Gasteiger partial charge in [0, 0.05) is 13.2 Å². The summed E-state index contributed by atoms with van der Waals surface area (Å²) in [7, 11) is 0. The normalized spacial score (nSPS) is 29.2. The molecule has 3 N–H and O–H groups in total. The van der Waals surface area contributed by atoms with Crippen LogP contribution in [0, 0.1) is 0 Å². The zero-order valence-corrected chi connectivity index (χ0v) is 9.79. The molecule has 0 aromatic heterocycles. The zero-order chi connectivity index (χ0) is 12.1. The summed E-state index contributed by atoms with van der Waals surface area (Å²) >= 11 is 0. The summed E-state index contributed by atoms with van der Waals surface area (Å²) in [6, 6.07) is 9.88. The molecule has 94 valence electrons. The second-order valence-corrected chi connectivity index (χ2v) is 4.26. The number of hydrogen-bond acceptors (Lipinski definition) is 4. The molecule has 1 saturated heterocycles. The number of rotatable bonds is 4. The first-order chi connectivity index (χ1) is 8.31. The third-order valence-corrected chi connectivity index (χ3v) is 3.01. The van der Waals surface area contributed by atoms with Crippen molar-refractivity contribution in [3.63, 3.8) is 0 Å². The molecule has 2 rings (SSSR count). The third-order valence-electron chi connectivity index (χ3n) is 3.01. The summed E-state index contributed by atoms with van der Waals surface area (Å²) in [5.74, 6) is 0. The predicted molar refractivity (Wildman–Crippen MR) is 64.4 cm³/mol. The zero-order valence-electron chi connectivity index (χ0n) is 9.79. The lowest BCUT2D eigenvalue weighted by molar-refractivity contribution is -0.160. The Morgan fingerprint density at radius 1 is 1.35 bits per heavy atom. The van der Waals surface area contributed by atoms with Gasteiger partial charge < -0.3 is 20.3 Å². The Kier molecular flexibility index (Phi) is 4.50. The molecule has 2 unspecified atom stereocenters. The van der Waals surface area contributed by atoms with E-state index in [2.05, 4.69) is 0 Å². The molecule has 1 aromatic rings. The van der Waals surface area contributed by atoms with E-state index < -0.39 is 6.10 Å². The van der Waals surface area contributed by atoms with Gasteiger partial charge in [-0.25, -0.2) is 0 Å². The van der Waals surface area contributed by atoms with E-state index in [1.165, 1.54) is 0 Å². The molecular weight excluding hydrogens is 218 g/mol. The fourth-order valence-corrected chi connectivity index (χ4v) is 2.03. The highest BCUT2D eigenvalue weighted by molar-refractivity contribution is 5.13. The highest BCUT2D eigenvalue weighted by atomic mass is 16.6. The number of benzene rings is 1. The van der Waals surface area contributed by atoms with Gasteiger partial charge in [0.1, 0.15) is 6.10 Å². The predicted octanol–water partition coefficient (Wildman–Crippen LogP) is 0.680. The van der Waals surface area contributed by atoms with Crippen molar-refractivity contribution < 1.29 is 14.6 Å². The van der Waals surface area contributed by atoms with Gasteiger partial charge in [0.15, 0.2) is 0 Å². The van der Waals surface area contributed by atoms with Crippen LogP contribution in [0.2, 0.25) is 0 Å². The number of ether oxygens (including phenoxy) is 2. The lowest BCUT2D eigenvalue weighted by Gasteiger charge is -2.34. The molecule has 1 fully saturated rings. The van der Waals surface area contributed by atoms with Gasteiger partial charge in [0.05, 0.1) is 18.8 Å². The Hall–Kier alpha value is -0.940. The molecule has 1 aromatic carbocycles. The second-order valence-electron chi connectivity index (χ2n) is 4.26. The maximum atomic E-state index is 9.89. The van der Waals surface area contributed by atoms with Crippen LogP contribution in [-0.2, 0) is 16.1 Å². The van der Waals surface area contributed by atoms with Gasteiger partial charge in [0.25, 0.3) is 0 Å². The van der Waals surface area contributed by atoms with Crippen LogP contribution in [0.5, 0.6) is 0 Å². The summed E-state index contributed by atoms with van der Waals surface area (Å²) in [6.07, 6.45) is -0.409. The summed E-state index contributed by atoms with van der Waals surface area (Å²) in [6.45, 7) is 1.40. The molecule has 0 aliphatic carbocycles. The third kappa shape index (κ3) is 3.26. The largest absolute Gasteiger partial charge is 0.390 e. The van der Waals surface area contributed by atoms with E-state index in [1.807, 2.05) is 30.3 Å². The molecule has 3 atom stereocenters. The van der Waals surface area contributed by atoms with Crippen LogP contribution in [0.4, 0.5) is 0 Å². The highest BCUT2D eigenvalue weighted by Gasteiger charge is 2.32. The van der Waals surface area contributed by atoms with Gasteiger partial charge in [-0.1, -0.05) is 30.3 Å². The minimum atomic E-state index is -0.485. The van der Waals surface area contributed by atoms with E-state index in [-0.39, 0.29) is 12.2 Å². The fourth-order valence-electron chi connectivity index (χ4n) is 2.03. The lowest BCUT2D eigenvalue weighted by atomic mass is 10.0. The van der Waals surface area contributed by atoms with Crippen LogP contribution >= 0.6 is 0 Å². The number of hydrogen-bond donors (Lipinski definition) is 2. The van der Waals surface area contributed by atoms with E-state index in [0.717, 1.165) is 5.56 Å². The molecule has 0 saturated carbocycles. The number of aliphatic hydroxyl groups is 1. The molecule has 0 spiro atoms. The minimum absolute atomic E-state index is 0.206. The van der Waals surface area contributed by atoms with E-state index in [4.69, 9.17) is 15.2 Å². The summed E-state index contributed by atoms with van der Waals surface area (Å²) in [5, 5.41) is 9.89. The monoisotopic (exact) mass is 237 g/mol. The van der Waals surface area contributed by atoms with Gasteiger partial charge in [-0.3, -0.25) is 0 Å². The van der Waals surface area contributed by atoms with E-state index in [0.29, 0.717) is 26.2 Å². The van der Waals surface area contributed by atoms with Crippen LogP contribution in [0.1, 0.15) is 12.0 Å². The highest BCUT2D eigenvalue weighted by Crippen LogP contribution is 2.19. The smallest absolute Gasteiger partial charge is 0.111 e. The number of nitrogens with two attached hydrogens (primary N) is 1. The van der Waals surface area contributed by atoms with E-state index in [9.17, 15) is 5.11 Å². The Morgan fingerprint density at radius 2 is 2.12 bits per heavy atom. The van der Waals surface area contributed by atoms with Crippen molar-refractivity contribution in [2.24, 2.45) is 5.73 Å². The Balaban J connectivity index is 1.92. The van der Waals surface area contributed by atoms with Crippen molar-refractivity contribution in [2.45, 2.75) is 31.3 Å². The maximum absolute atomic E-state index is 9.89. The molecule has 1 aliphatic heterocycles. The first-order valence-electron chi connectivity index (χ1n) is 5.96. The fraction of sp³-hybridized carbons (Fsp3) is 0.538. The van der Waals surface area contributed by atoms with E-state index >= 15 is 0 Å². The van der Waals surface area contributed by atoms with Crippen LogP contribution in [-0.4, -0.2) is 36.6 Å². The Labute approximate surface area is 101 Å². The van der Waals surface area contributed by atoms with Gasteiger partial charge in [-0.05, 0) is 12.0 Å². The van der Waals surface area contributed by atoms with Gasteiger partial charge in [-0.2, -0.15) is 0 Å². The molecule has 0 radical (unpaired) electrons. The molecule has 17 heavy (non-hydrogen) atoms. The van der Waals surface area contributed by atoms with Crippen molar-refractivity contribution in [2.75, 3.05) is 13.2 Å². The van der Waals surface area contributed by atoms with Gasteiger partial charge in [0.2, 0.25) is 0 Å². The molecule has 4 nitrogen and oxygen atoms in total. The topological polar surface area (TPSA) is 64.7 Å². The Bertz CT molecular complexity index is 331. The van der Waals surface area contributed by atoms with Crippen molar-refractivity contribution in [3.05, 3.63) is 35.9 Å². The van der Waals surface area contributed by atoms with Gasteiger partial charge in [-0.15, -0.1) is 0 Å². The minimum Gasteiger partial charge on any atom is -0.390 e. The first kappa shape index (κ1) is 12.5. The van der Waals surface area contributed by atoms with Crippen LogP contribution < -0.4 is 5.73 Å². The average molecular weight is 237 g/mol. The SMILES string of the molecule is NCC1OCCC(O)[C@@H]1OCc1ccccc1. The maximum Gasteiger partial charge on any atom is 0.111 e. The Morgan fingerprint density at radius 3 is 2.82 bits per heavy atom. The van der Waals surface area contributed by atoms with Gasteiger partial charge >= 0.3 is 0 Å². The summed E-state index contributed by atoms with van der Waals surface area (Å²) in [4.78, 5) is 0. The van der Waals surface area contributed by atoms with Crippen molar-refractivity contribution in [1.29, 1.82) is 0 Å². The van der Waals surface area contributed by atoms with Crippen LogP contribution in [0.25, 0.3) is 0 Å². The van der Waals surface area contributed by atoms with Crippen molar-refractivity contribution in [3.8, 4) is 0 Å². The van der Waals surface area contributed by atoms with Crippen LogP contribution in [0.3, 0.4) is 0 Å². The molecule has 4 heteroatoms. The molecule has 0 amide bonds. The van der Waals surface area contributed by atoms with E-state index in [1.54, 1.807) is 0 Å². The first-order valence-corrected chi connectivity index (χ1v) is 5.96.